The van der Waals surface area contributed by atoms with Crippen molar-refractivity contribution in [3.05, 3.63) is 30.5 Å². The van der Waals surface area contributed by atoms with Crippen LogP contribution in [0.15, 0.2) is 30.5 Å². The van der Waals surface area contributed by atoms with Gasteiger partial charge in [0.1, 0.15) is 0 Å². The second-order valence-corrected chi connectivity index (χ2v) is 5.64. The maximum Gasteiger partial charge on any atom is 0.0724 e. The van der Waals surface area contributed by atoms with E-state index in [2.05, 4.69) is 35.9 Å². The summed E-state index contributed by atoms with van der Waals surface area (Å²) in [6.07, 6.45) is 4.26. The summed E-state index contributed by atoms with van der Waals surface area (Å²) in [5.74, 6) is 0. The van der Waals surface area contributed by atoms with Crippen LogP contribution in [0.1, 0.15) is 26.7 Å². The van der Waals surface area contributed by atoms with Crippen molar-refractivity contribution in [2.24, 2.45) is 0 Å². The number of nitrogens with two attached hydrogens (primary N) is 1. The lowest BCUT2D eigenvalue weighted by Crippen LogP contribution is -2.38. The fourth-order valence-electron chi connectivity index (χ4n) is 2.95. The molecule has 2 heterocycles. The van der Waals surface area contributed by atoms with E-state index in [1.165, 1.54) is 12.8 Å². The van der Waals surface area contributed by atoms with Crippen molar-refractivity contribution >= 4 is 22.3 Å². The molecule has 1 fully saturated rings. The lowest BCUT2D eigenvalue weighted by Gasteiger charge is -2.34. The van der Waals surface area contributed by atoms with Gasteiger partial charge in [-0.1, -0.05) is 0 Å². The molecule has 1 aromatic carbocycles. The maximum atomic E-state index is 6.34. The second-order valence-electron chi connectivity index (χ2n) is 5.64. The lowest BCUT2D eigenvalue weighted by molar-refractivity contribution is 0.518. The van der Waals surface area contributed by atoms with Crippen LogP contribution in [0.2, 0.25) is 0 Å². The van der Waals surface area contributed by atoms with Crippen LogP contribution in [0.3, 0.4) is 0 Å². The van der Waals surface area contributed by atoms with Gasteiger partial charge in [0.05, 0.1) is 16.9 Å². The van der Waals surface area contributed by atoms with Gasteiger partial charge in [0.25, 0.3) is 0 Å². The summed E-state index contributed by atoms with van der Waals surface area (Å²) in [4.78, 5) is 6.77. The Balaban J connectivity index is 2.16. The summed E-state index contributed by atoms with van der Waals surface area (Å²) >= 11 is 0. The standard InChI is InChI=1S/C15H19N3/c1-15(2)8-4-10-18(15)13-7-6-12-11(14(13)16)5-3-9-17-12/h3,5-7,9H,4,8,10,16H2,1-2H3. The third-order valence-corrected chi connectivity index (χ3v) is 4.00. The second kappa shape index (κ2) is 3.87. The quantitative estimate of drug-likeness (QED) is 0.780. The van der Waals surface area contributed by atoms with Gasteiger partial charge in [-0.2, -0.15) is 0 Å². The van der Waals surface area contributed by atoms with Gasteiger partial charge in [0.15, 0.2) is 0 Å². The molecule has 0 bridgehead atoms. The van der Waals surface area contributed by atoms with Crippen LogP contribution in [0.25, 0.3) is 10.9 Å². The SMILES string of the molecule is CC1(C)CCCN1c1ccc2ncccc2c1N. The first-order valence-corrected chi connectivity index (χ1v) is 6.50. The molecule has 0 unspecified atom stereocenters. The van der Waals surface area contributed by atoms with Crippen LogP contribution in [0.4, 0.5) is 11.4 Å². The van der Waals surface area contributed by atoms with E-state index in [1.54, 1.807) is 6.20 Å². The summed E-state index contributed by atoms with van der Waals surface area (Å²) in [5.41, 5.74) is 9.51. The molecule has 0 saturated carbocycles. The molecule has 3 nitrogen and oxygen atoms in total. The normalized spacial score (nSPS) is 18.4. The molecule has 3 heteroatoms. The monoisotopic (exact) mass is 241 g/mol. The highest BCUT2D eigenvalue weighted by Crippen LogP contribution is 2.39. The fraction of sp³-hybridized carbons (Fsp3) is 0.400. The number of fused-ring (bicyclic) bond motifs is 1. The van der Waals surface area contributed by atoms with Gasteiger partial charge in [0, 0.05) is 23.7 Å². The number of nitrogen functional groups attached to an aromatic ring is 1. The van der Waals surface area contributed by atoms with Gasteiger partial charge >= 0.3 is 0 Å². The molecular weight excluding hydrogens is 222 g/mol. The molecule has 0 radical (unpaired) electrons. The van der Waals surface area contributed by atoms with Crippen molar-refractivity contribution < 1.29 is 0 Å². The Morgan fingerprint density at radius 2 is 2.11 bits per heavy atom. The van der Waals surface area contributed by atoms with Crippen LogP contribution >= 0.6 is 0 Å². The van der Waals surface area contributed by atoms with Crippen molar-refractivity contribution in [2.45, 2.75) is 32.2 Å². The van der Waals surface area contributed by atoms with Crippen molar-refractivity contribution in [3.63, 3.8) is 0 Å². The minimum Gasteiger partial charge on any atom is -0.396 e. The van der Waals surface area contributed by atoms with Gasteiger partial charge in [-0.15, -0.1) is 0 Å². The van der Waals surface area contributed by atoms with Crippen LogP contribution in [0, 0.1) is 0 Å². The zero-order valence-corrected chi connectivity index (χ0v) is 11.0. The number of nitrogens with zero attached hydrogens (tertiary/aromatic N) is 2. The van der Waals surface area contributed by atoms with Gasteiger partial charge in [-0.05, 0) is 51.0 Å². The van der Waals surface area contributed by atoms with Gasteiger partial charge in [0.2, 0.25) is 0 Å². The molecule has 94 valence electrons. The van der Waals surface area contributed by atoms with E-state index in [0.717, 1.165) is 28.8 Å². The third-order valence-electron chi connectivity index (χ3n) is 4.00. The van der Waals surface area contributed by atoms with Crippen molar-refractivity contribution in [1.82, 2.24) is 4.98 Å². The van der Waals surface area contributed by atoms with Gasteiger partial charge < -0.3 is 10.6 Å². The highest BCUT2D eigenvalue weighted by molar-refractivity contribution is 5.97. The molecule has 3 rings (SSSR count). The molecule has 1 aliphatic heterocycles. The Morgan fingerprint density at radius 1 is 1.28 bits per heavy atom. The highest BCUT2D eigenvalue weighted by atomic mass is 15.2. The zero-order valence-electron chi connectivity index (χ0n) is 11.0. The number of aromatic nitrogens is 1. The van der Waals surface area contributed by atoms with E-state index in [0.29, 0.717) is 0 Å². The number of rotatable bonds is 1. The Bertz CT molecular complexity index is 589. The summed E-state index contributed by atoms with van der Waals surface area (Å²) in [6, 6.07) is 8.16. The zero-order chi connectivity index (χ0) is 12.8. The Kier molecular flexibility index (Phi) is 2.44. The van der Waals surface area contributed by atoms with E-state index >= 15 is 0 Å². The van der Waals surface area contributed by atoms with Crippen LogP contribution in [-0.2, 0) is 0 Å². The Morgan fingerprint density at radius 3 is 2.83 bits per heavy atom. The number of anilines is 2. The highest BCUT2D eigenvalue weighted by Gasteiger charge is 2.33. The first kappa shape index (κ1) is 11.3. The first-order chi connectivity index (χ1) is 8.59. The summed E-state index contributed by atoms with van der Waals surface area (Å²) in [5, 5.41) is 1.05. The van der Waals surface area contributed by atoms with E-state index in [-0.39, 0.29) is 5.54 Å². The maximum absolute atomic E-state index is 6.34. The number of hydrogen-bond donors (Lipinski definition) is 1. The number of benzene rings is 1. The van der Waals surface area contributed by atoms with Crippen molar-refractivity contribution in [3.8, 4) is 0 Å². The molecule has 1 saturated heterocycles. The van der Waals surface area contributed by atoms with Crippen molar-refractivity contribution in [2.75, 3.05) is 17.2 Å². The average Bonchev–Trinajstić information content (AvgIpc) is 2.70. The summed E-state index contributed by atoms with van der Waals surface area (Å²) < 4.78 is 0. The Labute approximate surface area is 108 Å². The number of pyridine rings is 1. The predicted molar refractivity (Wildman–Crippen MR) is 76.8 cm³/mol. The molecule has 0 aliphatic carbocycles. The van der Waals surface area contributed by atoms with Crippen LogP contribution in [0.5, 0.6) is 0 Å². The molecule has 1 aliphatic rings. The van der Waals surface area contributed by atoms with Crippen LogP contribution in [-0.4, -0.2) is 17.1 Å². The lowest BCUT2D eigenvalue weighted by atomic mass is 10.0. The molecule has 0 atom stereocenters. The van der Waals surface area contributed by atoms with E-state index in [1.807, 2.05) is 12.1 Å². The number of hydrogen-bond acceptors (Lipinski definition) is 3. The van der Waals surface area contributed by atoms with Gasteiger partial charge in [-0.3, -0.25) is 4.98 Å². The topological polar surface area (TPSA) is 42.2 Å². The fourth-order valence-corrected chi connectivity index (χ4v) is 2.95. The first-order valence-electron chi connectivity index (χ1n) is 6.50. The van der Waals surface area contributed by atoms with E-state index in [4.69, 9.17) is 5.73 Å². The van der Waals surface area contributed by atoms with Crippen LogP contribution < -0.4 is 10.6 Å². The summed E-state index contributed by atoms with van der Waals surface area (Å²) in [6.45, 7) is 5.66. The molecule has 18 heavy (non-hydrogen) atoms. The van der Waals surface area contributed by atoms with E-state index in [9.17, 15) is 0 Å². The average molecular weight is 241 g/mol. The molecule has 1 aromatic heterocycles. The molecular formula is C15H19N3. The molecule has 2 N–H and O–H groups in total. The van der Waals surface area contributed by atoms with E-state index < -0.39 is 0 Å². The predicted octanol–water partition coefficient (Wildman–Crippen LogP) is 3.20. The molecule has 0 amide bonds. The minimum atomic E-state index is 0.198. The Hall–Kier alpha value is -1.77. The molecule has 2 aromatic rings. The van der Waals surface area contributed by atoms with Crippen molar-refractivity contribution in [1.29, 1.82) is 0 Å². The summed E-state index contributed by atoms with van der Waals surface area (Å²) in [7, 11) is 0. The smallest absolute Gasteiger partial charge is 0.0724 e. The minimum absolute atomic E-state index is 0.198. The largest absolute Gasteiger partial charge is 0.396 e. The molecule has 0 spiro atoms. The van der Waals surface area contributed by atoms with Gasteiger partial charge in [-0.25, -0.2) is 0 Å². The third kappa shape index (κ3) is 1.62.